The first-order chi connectivity index (χ1) is 9.25. The first-order valence-corrected chi connectivity index (χ1v) is 6.64. The van der Waals surface area contributed by atoms with E-state index in [9.17, 15) is 4.79 Å². The summed E-state index contributed by atoms with van der Waals surface area (Å²) in [5.41, 5.74) is 1.53. The molecule has 1 heterocycles. The fourth-order valence-electron chi connectivity index (χ4n) is 2.25. The van der Waals surface area contributed by atoms with E-state index in [4.69, 9.17) is 0 Å². The molecule has 0 aliphatic heterocycles. The molecular formula is C15H17N3O. The Bertz CT molecular complexity index is 572. The summed E-state index contributed by atoms with van der Waals surface area (Å²) in [7, 11) is 0. The van der Waals surface area contributed by atoms with Gasteiger partial charge in [0.25, 0.3) is 5.91 Å². The van der Waals surface area contributed by atoms with Crippen LogP contribution in [0.4, 0.5) is 0 Å². The highest BCUT2D eigenvalue weighted by Gasteiger charge is 2.29. The van der Waals surface area contributed by atoms with Crippen molar-refractivity contribution in [1.29, 1.82) is 0 Å². The van der Waals surface area contributed by atoms with Crippen molar-refractivity contribution in [2.45, 2.75) is 25.8 Å². The molecule has 1 aromatic heterocycles. The van der Waals surface area contributed by atoms with E-state index in [-0.39, 0.29) is 11.9 Å². The van der Waals surface area contributed by atoms with Crippen molar-refractivity contribution in [2.24, 2.45) is 5.92 Å². The fraction of sp³-hybridized carbons (Fsp3) is 0.333. The lowest BCUT2D eigenvalue weighted by Gasteiger charge is -2.13. The van der Waals surface area contributed by atoms with Gasteiger partial charge < -0.3 is 5.32 Å². The number of amides is 1. The number of carbonyl (C=O) groups is 1. The van der Waals surface area contributed by atoms with Crippen molar-refractivity contribution in [3.8, 4) is 5.69 Å². The number of para-hydroxylation sites is 1. The van der Waals surface area contributed by atoms with E-state index >= 15 is 0 Å². The van der Waals surface area contributed by atoms with Crippen molar-refractivity contribution in [1.82, 2.24) is 14.9 Å². The summed E-state index contributed by atoms with van der Waals surface area (Å²) in [6, 6.07) is 10.0. The number of carbonyl (C=O) groups excluding carboxylic acids is 1. The molecule has 1 aromatic carbocycles. The third-order valence-corrected chi connectivity index (χ3v) is 3.59. The Morgan fingerprint density at radius 1 is 1.37 bits per heavy atom. The zero-order chi connectivity index (χ0) is 13.2. The highest BCUT2D eigenvalue weighted by molar-refractivity contribution is 5.93. The summed E-state index contributed by atoms with van der Waals surface area (Å²) in [6.45, 7) is 2.07. The largest absolute Gasteiger partial charge is 0.348 e. The maximum atomic E-state index is 12.3. The van der Waals surface area contributed by atoms with Gasteiger partial charge in [-0.2, -0.15) is 0 Å². The maximum absolute atomic E-state index is 12.3. The first-order valence-electron chi connectivity index (χ1n) is 6.64. The third-order valence-electron chi connectivity index (χ3n) is 3.59. The normalized spacial score (nSPS) is 16.1. The molecule has 0 saturated heterocycles. The molecule has 19 heavy (non-hydrogen) atoms. The zero-order valence-corrected chi connectivity index (χ0v) is 10.9. The molecule has 1 N–H and O–H groups in total. The van der Waals surface area contributed by atoms with Crippen LogP contribution in [0.1, 0.15) is 30.3 Å². The predicted octanol–water partition coefficient (Wildman–Crippen LogP) is 2.40. The second-order valence-corrected chi connectivity index (χ2v) is 5.08. The number of nitrogens with zero attached hydrogens (tertiary/aromatic N) is 2. The Balaban J connectivity index is 1.81. The van der Waals surface area contributed by atoms with Crippen LogP contribution in [0.25, 0.3) is 5.69 Å². The number of rotatable bonds is 4. The minimum atomic E-state index is -0.0549. The molecule has 4 heteroatoms. The number of benzene rings is 1. The van der Waals surface area contributed by atoms with Gasteiger partial charge in [-0.25, -0.2) is 4.98 Å². The number of aromatic nitrogens is 2. The molecule has 1 atom stereocenters. The molecule has 2 aromatic rings. The van der Waals surface area contributed by atoms with Crippen LogP contribution in [0.5, 0.6) is 0 Å². The third kappa shape index (κ3) is 2.52. The fourth-order valence-corrected chi connectivity index (χ4v) is 2.25. The van der Waals surface area contributed by atoms with Gasteiger partial charge in [0.05, 0.1) is 12.5 Å². The molecule has 0 spiro atoms. The molecule has 1 unspecified atom stereocenters. The topological polar surface area (TPSA) is 46.9 Å². The van der Waals surface area contributed by atoms with Crippen molar-refractivity contribution in [2.75, 3.05) is 0 Å². The van der Waals surface area contributed by atoms with Crippen LogP contribution in [0.15, 0.2) is 42.9 Å². The Kier molecular flexibility index (Phi) is 3.07. The van der Waals surface area contributed by atoms with Crippen molar-refractivity contribution in [3.05, 3.63) is 48.5 Å². The highest BCUT2D eigenvalue weighted by Crippen LogP contribution is 2.32. The summed E-state index contributed by atoms with van der Waals surface area (Å²) in [5.74, 6) is 0.595. The van der Waals surface area contributed by atoms with E-state index in [1.807, 2.05) is 34.9 Å². The molecule has 1 amide bonds. The number of hydrogen-bond donors (Lipinski definition) is 1. The lowest BCUT2D eigenvalue weighted by Crippen LogP contribution is -2.35. The molecule has 4 nitrogen and oxygen atoms in total. The Hall–Kier alpha value is -2.10. The number of hydrogen-bond acceptors (Lipinski definition) is 2. The van der Waals surface area contributed by atoms with Crippen LogP contribution in [0.2, 0.25) is 0 Å². The Morgan fingerprint density at radius 2 is 2.11 bits per heavy atom. The van der Waals surface area contributed by atoms with Crippen molar-refractivity contribution in [3.63, 3.8) is 0 Å². The van der Waals surface area contributed by atoms with Gasteiger partial charge >= 0.3 is 0 Å². The molecule has 1 saturated carbocycles. The Labute approximate surface area is 112 Å². The van der Waals surface area contributed by atoms with E-state index < -0.39 is 0 Å². The SMILES string of the molecule is CC(NC(=O)c1cncn1-c1ccccc1)C1CC1. The summed E-state index contributed by atoms with van der Waals surface area (Å²) in [5, 5.41) is 3.05. The van der Waals surface area contributed by atoms with Crippen LogP contribution < -0.4 is 5.32 Å². The van der Waals surface area contributed by atoms with Crippen molar-refractivity contribution >= 4 is 5.91 Å². The standard InChI is InChI=1S/C15H17N3O/c1-11(12-7-8-12)17-15(19)14-9-16-10-18(14)13-5-3-2-4-6-13/h2-6,9-12H,7-8H2,1H3,(H,17,19). The second-order valence-electron chi connectivity index (χ2n) is 5.08. The summed E-state index contributed by atoms with van der Waals surface area (Å²) in [4.78, 5) is 16.4. The first kappa shape index (κ1) is 12.0. The highest BCUT2D eigenvalue weighted by atomic mass is 16.2. The quantitative estimate of drug-likeness (QED) is 0.912. The molecular weight excluding hydrogens is 238 g/mol. The molecule has 98 valence electrons. The summed E-state index contributed by atoms with van der Waals surface area (Å²) < 4.78 is 1.81. The van der Waals surface area contributed by atoms with E-state index in [1.54, 1.807) is 12.5 Å². The second kappa shape index (κ2) is 4.88. The van der Waals surface area contributed by atoms with Gasteiger partial charge in [0.15, 0.2) is 0 Å². The zero-order valence-electron chi connectivity index (χ0n) is 10.9. The molecule has 0 radical (unpaired) electrons. The van der Waals surface area contributed by atoms with Crippen LogP contribution in [0.3, 0.4) is 0 Å². The van der Waals surface area contributed by atoms with Gasteiger partial charge in [0.2, 0.25) is 0 Å². The van der Waals surface area contributed by atoms with E-state index in [0.29, 0.717) is 11.6 Å². The van der Waals surface area contributed by atoms with Crippen LogP contribution in [-0.4, -0.2) is 21.5 Å². The van der Waals surface area contributed by atoms with E-state index in [2.05, 4.69) is 17.2 Å². The number of nitrogens with one attached hydrogen (secondary N) is 1. The lowest BCUT2D eigenvalue weighted by molar-refractivity contribution is 0.0929. The van der Waals surface area contributed by atoms with Gasteiger partial charge in [-0.05, 0) is 37.8 Å². The molecule has 1 aliphatic carbocycles. The van der Waals surface area contributed by atoms with E-state index in [0.717, 1.165) is 5.69 Å². The minimum Gasteiger partial charge on any atom is -0.348 e. The van der Waals surface area contributed by atoms with Gasteiger partial charge in [-0.3, -0.25) is 9.36 Å². The monoisotopic (exact) mass is 255 g/mol. The lowest BCUT2D eigenvalue weighted by atomic mass is 10.2. The van der Waals surface area contributed by atoms with Crippen molar-refractivity contribution < 1.29 is 4.79 Å². The maximum Gasteiger partial charge on any atom is 0.270 e. The van der Waals surface area contributed by atoms with Gasteiger partial charge in [-0.1, -0.05) is 18.2 Å². The summed E-state index contributed by atoms with van der Waals surface area (Å²) in [6.07, 6.45) is 5.73. The smallest absolute Gasteiger partial charge is 0.270 e. The molecule has 1 aliphatic rings. The van der Waals surface area contributed by atoms with Gasteiger partial charge in [-0.15, -0.1) is 0 Å². The van der Waals surface area contributed by atoms with Crippen LogP contribution in [-0.2, 0) is 0 Å². The number of imidazole rings is 1. The van der Waals surface area contributed by atoms with Crippen LogP contribution >= 0.6 is 0 Å². The molecule has 0 bridgehead atoms. The Morgan fingerprint density at radius 3 is 2.79 bits per heavy atom. The predicted molar refractivity (Wildman–Crippen MR) is 73.2 cm³/mol. The summed E-state index contributed by atoms with van der Waals surface area (Å²) >= 11 is 0. The average molecular weight is 255 g/mol. The molecule has 3 rings (SSSR count). The van der Waals surface area contributed by atoms with Gasteiger partial charge in [0, 0.05) is 11.7 Å². The van der Waals surface area contributed by atoms with Gasteiger partial charge in [0.1, 0.15) is 5.69 Å². The average Bonchev–Trinajstić information content (AvgIpc) is 3.17. The van der Waals surface area contributed by atoms with E-state index in [1.165, 1.54) is 12.8 Å². The van der Waals surface area contributed by atoms with Crippen LogP contribution in [0, 0.1) is 5.92 Å². The molecule has 1 fully saturated rings. The minimum absolute atomic E-state index is 0.0549.